The molecule has 0 amide bonds. The predicted molar refractivity (Wildman–Crippen MR) is 65.9 cm³/mol. The van der Waals surface area contributed by atoms with E-state index in [1.165, 1.54) is 10.9 Å². The Kier molecular flexibility index (Phi) is 5.69. The van der Waals surface area contributed by atoms with E-state index >= 15 is 0 Å². The Morgan fingerprint density at radius 1 is 1.53 bits per heavy atom. The van der Waals surface area contributed by atoms with Crippen LogP contribution in [-0.2, 0) is 20.4 Å². The first-order valence-electron chi connectivity index (χ1n) is 5.64. The Hall–Kier alpha value is -0.730. The van der Waals surface area contributed by atoms with Crippen molar-refractivity contribution in [3.63, 3.8) is 0 Å². The van der Waals surface area contributed by atoms with E-state index in [9.17, 15) is 17.2 Å². The average molecular weight is 317 g/mol. The average Bonchev–Trinajstić information content (AvgIpc) is 2.71. The summed E-state index contributed by atoms with van der Waals surface area (Å²) in [5.41, 5.74) is 0.0379. The molecule has 1 atom stereocenters. The second-order valence-electron chi connectivity index (χ2n) is 4.02. The molecule has 1 unspecified atom stereocenters. The zero-order chi connectivity index (χ0) is 14.6. The number of alkyl halides is 2. The molecular formula is C10H15ClF2N2O3S. The van der Waals surface area contributed by atoms with Gasteiger partial charge in [-0.15, -0.1) is 0 Å². The lowest BCUT2D eigenvalue weighted by Crippen LogP contribution is -2.07. The van der Waals surface area contributed by atoms with Crippen molar-refractivity contribution in [2.45, 2.75) is 44.2 Å². The van der Waals surface area contributed by atoms with E-state index in [1.807, 2.05) is 13.8 Å². The first-order valence-corrected chi connectivity index (χ1v) is 7.95. The number of nitrogens with zero attached hydrogens (tertiary/aromatic N) is 2. The number of ether oxygens (including phenoxy) is 1. The van der Waals surface area contributed by atoms with Crippen LogP contribution in [0, 0.1) is 0 Å². The number of aromatic nitrogens is 2. The number of hydrogen-bond acceptors (Lipinski definition) is 4. The maximum Gasteiger partial charge on any atom is 0.264 e. The van der Waals surface area contributed by atoms with Crippen LogP contribution in [0.4, 0.5) is 8.78 Å². The van der Waals surface area contributed by atoms with Gasteiger partial charge in [-0.2, -0.15) is 5.10 Å². The molecule has 0 saturated heterocycles. The van der Waals surface area contributed by atoms with Gasteiger partial charge in [0.2, 0.25) is 0 Å². The zero-order valence-electron chi connectivity index (χ0n) is 10.5. The molecule has 0 fully saturated rings. The van der Waals surface area contributed by atoms with Crippen LogP contribution < -0.4 is 0 Å². The highest BCUT2D eigenvalue weighted by Gasteiger charge is 2.22. The molecule has 1 rings (SSSR count). The standard InChI is InChI=1S/C10H15ClF2N2O3S/c1-3-7(2)15-4-9(19(11,16)17)8(14-15)5-18-6-10(12)13/h4,7,10H,3,5-6H2,1-2H3. The molecule has 0 bridgehead atoms. The van der Waals surface area contributed by atoms with Gasteiger partial charge in [0.15, 0.2) is 0 Å². The molecule has 19 heavy (non-hydrogen) atoms. The van der Waals surface area contributed by atoms with Crippen LogP contribution in [0.3, 0.4) is 0 Å². The molecule has 9 heteroatoms. The van der Waals surface area contributed by atoms with Gasteiger partial charge >= 0.3 is 0 Å². The quantitative estimate of drug-likeness (QED) is 0.725. The smallest absolute Gasteiger partial charge is 0.264 e. The zero-order valence-corrected chi connectivity index (χ0v) is 12.1. The molecule has 0 spiro atoms. The first-order chi connectivity index (χ1) is 8.75. The summed E-state index contributed by atoms with van der Waals surface area (Å²) in [5, 5.41) is 4.03. The Morgan fingerprint density at radius 2 is 2.16 bits per heavy atom. The third kappa shape index (κ3) is 4.70. The van der Waals surface area contributed by atoms with Crippen LogP contribution in [0.2, 0.25) is 0 Å². The van der Waals surface area contributed by atoms with Gasteiger partial charge in [-0.3, -0.25) is 4.68 Å². The van der Waals surface area contributed by atoms with E-state index in [2.05, 4.69) is 5.10 Å². The Balaban J connectivity index is 2.97. The summed E-state index contributed by atoms with van der Waals surface area (Å²) in [6.45, 7) is 2.66. The summed E-state index contributed by atoms with van der Waals surface area (Å²) in [7, 11) is 1.30. The van der Waals surface area contributed by atoms with Crippen molar-refractivity contribution in [1.82, 2.24) is 9.78 Å². The van der Waals surface area contributed by atoms with Crippen LogP contribution >= 0.6 is 10.7 Å². The summed E-state index contributed by atoms with van der Waals surface area (Å²) in [6.07, 6.45) is -0.592. The summed E-state index contributed by atoms with van der Waals surface area (Å²) >= 11 is 0. The molecule has 1 aromatic rings. The third-order valence-corrected chi connectivity index (χ3v) is 3.92. The molecule has 0 N–H and O–H groups in total. The van der Waals surface area contributed by atoms with E-state index < -0.39 is 22.1 Å². The Labute approximate surface area is 114 Å². The van der Waals surface area contributed by atoms with Gasteiger partial charge in [-0.25, -0.2) is 17.2 Å². The highest BCUT2D eigenvalue weighted by Crippen LogP contribution is 2.22. The molecule has 0 aliphatic carbocycles. The number of hydrogen-bond donors (Lipinski definition) is 0. The van der Waals surface area contributed by atoms with Crippen LogP contribution in [0.1, 0.15) is 32.0 Å². The number of rotatable bonds is 7. The Bertz CT molecular complexity index is 519. The van der Waals surface area contributed by atoms with Crippen LogP contribution in [0.25, 0.3) is 0 Å². The van der Waals surface area contributed by atoms with Gasteiger partial charge in [-0.05, 0) is 13.3 Å². The van der Waals surface area contributed by atoms with Gasteiger partial charge in [0, 0.05) is 22.9 Å². The second-order valence-corrected chi connectivity index (χ2v) is 6.56. The van der Waals surface area contributed by atoms with Gasteiger partial charge in [0.05, 0.1) is 6.61 Å². The molecule has 1 heterocycles. The van der Waals surface area contributed by atoms with E-state index in [-0.39, 0.29) is 23.2 Å². The summed E-state index contributed by atoms with van der Waals surface area (Å²) in [4.78, 5) is -0.205. The van der Waals surface area contributed by atoms with Crippen molar-refractivity contribution in [2.24, 2.45) is 0 Å². The molecule has 5 nitrogen and oxygen atoms in total. The third-order valence-electron chi connectivity index (χ3n) is 2.56. The van der Waals surface area contributed by atoms with Gasteiger partial charge in [-0.1, -0.05) is 6.92 Å². The van der Waals surface area contributed by atoms with E-state index in [1.54, 1.807) is 0 Å². The molecule has 0 aliphatic rings. The maximum absolute atomic E-state index is 12.0. The SMILES string of the molecule is CCC(C)n1cc(S(=O)(=O)Cl)c(COCC(F)F)n1. The van der Waals surface area contributed by atoms with E-state index in [4.69, 9.17) is 15.4 Å². The van der Waals surface area contributed by atoms with Crippen molar-refractivity contribution < 1.29 is 21.9 Å². The normalized spacial score (nSPS) is 14.0. The fraction of sp³-hybridized carbons (Fsp3) is 0.700. The molecule has 0 aliphatic heterocycles. The lowest BCUT2D eigenvalue weighted by Gasteiger charge is -2.07. The summed E-state index contributed by atoms with van der Waals surface area (Å²) in [5.74, 6) is 0. The molecular weight excluding hydrogens is 302 g/mol. The van der Waals surface area contributed by atoms with E-state index in [0.29, 0.717) is 0 Å². The largest absolute Gasteiger partial charge is 0.369 e. The second kappa shape index (κ2) is 6.62. The highest BCUT2D eigenvalue weighted by atomic mass is 35.7. The number of halogens is 3. The Morgan fingerprint density at radius 3 is 2.63 bits per heavy atom. The minimum Gasteiger partial charge on any atom is -0.369 e. The van der Waals surface area contributed by atoms with Gasteiger partial charge in [0.25, 0.3) is 15.5 Å². The fourth-order valence-electron chi connectivity index (χ4n) is 1.37. The summed E-state index contributed by atoms with van der Waals surface area (Å²) < 4.78 is 52.8. The molecule has 0 radical (unpaired) electrons. The van der Waals surface area contributed by atoms with Crippen molar-refractivity contribution in [2.75, 3.05) is 6.61 Å². The summed E-state index contributed by atoms with van der Waals surface area (Å²) in [6, 6.07) is -0.0268. The molecule has 110 valence electrons. The minimum absolute atomic E-state index is 0.0268. The molecule has 1 aromatic heterocycles. The minimum atomic E-state index is -3.98. The van der Waals surface area contributed by atoms with Crippen molar-refractivity contribution >= 4 is 19.7 Å². The highest BCUT2D eigenvalue weighted by molar-refractivity contribution is 8.13. The van der Waals surface area contributed by atoms with Crippen LogP contribution in [-0.4, -0.2) is 31.2 Å². The van der Waals surface area contributed by atoms with Crippen molar-refractivity contribution in [1.29, 1.82) is 0 Å². The monoisotopic (exact) mass is 316 g/mol. The fourth-order valence-corrected chi connectivity index (χ4v) is 2.38. The van der Waals surface area contributed by atoms with E-state index in [0.717, 1.165) is 6.42 Å². The molecule has 0 aromatic carbocycles. The maximum atomic E-state index is 12.0. The van der Waals surface area contributed by atoms with Gasteiger partial charge in [0.1, 0.15) is 17.2 Å². The van der Waals surface area contributed by atoms with Crippen molar-refractivity contribution in [3.8, 4) is 0 Å². The lowest BCUT2D eigenvalue weighted by atomic mass is 10.3. The predicted octanol–water partition coefficient (Wildman–Crippen LogP) is 2.56. The molecule has 0 saturated carbocycles. The van der Waals surface area contributed by atoms with Gasteiger partial charge < -0.3 is 4.74 Å². The topological polar surface area (TPSA) is 61.2 Å². The van der Waals surface area contributed by atoms with Crippen LogP contribution in [0.5, 0.6) is 0 Å². The van der Waals surface area contributed by atoms with Crippen molar-refractivity contribution in [3.05, 3.63) is 11.9 Å². The first kappa shape index (κ1) is 16.3. The lowest BCUT2D eigenvalue weighted by molar-refractivity contribution is 0.00800. The van der Waals surface area contributed by atoms with Crippen LogP contribution in [0.15, 0.2) is 11.1 Å².